The van der Waals surface area contributed by atoms with Gasteiger partial charge in [0.15, 0.2) is 0 Å². The number of amides is 1. The predicted octanol–water partition coefficient (Wildman–Crippen LogP) is 4.25. The van der Waals surface area contributed by atoms with Gasteiger partial charge >= 0.3 is 0 Å². The molecule has 0 aliphatic heterocycles. The van der Waals surface area contributed by atoms with Crippen molar-refractivity contribution in [1.82, 2.24) is 24.8 Å². The van der Waals surface area contributed by atoms with Gasteiger partial charge in [-0.25, -0.2) is 18.7 Å². The molecule has 3 aromatic rings. The molecule has 11 heteroatoms. The van der Waals surface area contributed by atoms with Gasteiger partial charge in [0.2, 0.25) is 11.9 Å². The molecule has 0 unspecified atom stereocenters. The number of rotatable bonds is 7. The van der Waals surface area contributed by atoms with E-state index in [1.54, 1.807) is 42.0 Å². The molecule has 1 amide bonds. The van der Waals surface area contributed by atoms with Gasteiger partial charge in [0.1, 0.15) is 17.8 Å². The number of nitrogens with one attached hydrogen (secondary N) is 2. The molecule has 0 spiro atoms. The van der Waals surface area contributed by atoms with Crippen LogP contribution in [0.1, 0.15) is 54.2 Å². The van der Waals surface area contributed by atoms with E-state index < -0.39 is 17.4 Å². The van der Waals surface area contributed by atoms with Gasteiger partial charge in [0.25, 0.3) is 5.91 Å². The first-order valence-electron chi connectivity index (χ1n) is 11.3. The number of imidazole rings is 1. The minimum Gasteiger partial charge on any atom is -0.394 e. The summed E-state index contributed by atoms with van der Waals surface area (Å²) in [5, 5.41) is 16.4. The Morgan fingerprint density at radius 1 is 1.31 bits per heavy atom. The highest BCUT2D eigenvalue weighted by Gasteiger charge is 2.35. The van der Waals surface area contributed by atoms with E-state index in [0.29, 0.717) is 35.2 Å². The van der Waals surface area contributed by atoms with Gasteiger partial charge in [-0.05, 0) is 44.4 Å². The lowest BCUT2D eigenvalue weighted by atomic mass is 9.92. The summed E-state index contributed by atoms with van der Waals surface area (Å²) in [5.74, 6) is -2.25. The van der Waals surface area contributed by atoms with Crippen LogP contribution < -0.4 is 10.6 Å². The van der Waals surface area contributed by atoms with Crippen LogP contribution in [0.2, 0.25) is 5.02 Å². The Morgan fingerprint density at radius 3 is 2.74 bits per heavy atom. The molecule has 186 valence electrons. The molecule has 1 aromatic carbocycles. The Kier molecular flexibility index (Phi) is 7.05. The molecule has 2 heterocycles. The summed E-state index contributed by atoms with van der Waals surface area (Å²) in [7, 11) is 0. The van der Waals surface area contributed by atoms with Crippen molar-refractivity contribution >= 4 is 23.5 Å². The third-order valence-corrected chi connectivity index (χ3v) is 6.46. The van der Waals surface area contributed by atoms with Gasteiger partial charge in [0.05, 0.1) is 12.1 Å². The van der Waals surface area contributed by atoms with Crippen LogP contribution >= 0.6 is 11.6 Å². The van der Waals surface area contributed by atoms with Crippen LogP contribution in [0.15, 0.2) is 43.0 Å². The first-order chi connectivity index (χ1) is 16.6. The number of aliphatic hydroxyl groups is 1. The fraction of sp³-hybridized carbons (Fsp3) is 0.417. The highest BCUT2D eigenvalue weighted by atomic mass is 35.5. The summed E-state index contributed by atoms with van der Waals surface area (Å²) < 4.78 is 28.5. The number of hydrogen-bond acceptors (Lipinski definition) is 6. The van der Waals surface area contributed by atoms with E-state index in [9.17, 15) is 18.7 Å². The summed E-state index contributed by atoms with van der Waals surface area (Å²) in [6.45, 7) is 3.18. The zero-order valence-electron chi connectivity index (χ0n) is 19.4. The number of carbonyl (C=O) groups excluding carboxylic acids is 1. The van der Waals surface area contributed by atoms with E-state index in [4.69, 9.17) is 11.6 Å². The van der Waals surface area contributed by atoms with E-state index in [2.05, 4.69) is 25.6 Å². The average molecular weight is 505 g/mol. The standard InChI is InChI=1S/C24H27ClF2N6O2/c1-15-11-28-22(30-18-6-8-24(26,27)9-7-18)31-20(15)33-12-19(29-14-33)21(35)32-23(2,13-34)16-4-3-5-17(25)10-16/h3-5,10-12,14,18,34H,6-9,13H2,1-2H3,(H,32,35)(H,28,30,31)/t23-/m0/s1. The number of hydrogen-bond donors (Lipinski definition) is 3. The minimum absolute atomic E-state index is 0.128. The highest BCUT2D eigenvalue weighted by Crippen LogP contribution is 2.34. The molecule has 3 N–H and O–H groups in total. The topological polar surface area (TPSA) is 105 Å². The van der Waals surface area contributed by atoms with E-state index in [-0.39, 0.29) is 31.2 Å². The number of nitrogens with zero attached hydrogens (tertiary/aromatic N) is 4. The molecular weight excluding hydrogens is 478 g/mol. The maximum absolute atomic E-state index is 13.4. The predicted molar refractivity (Wildman–Crippen MR) is 128 cm³/mol. The molecule has 1 aliphatic rings. The van der Waals surface area contributed by atoms with Crippen molar-refractivity contribution in [3.63, 3.8) is 0 Å². The number of halogens is 3. The van der Waals surface area contributed by atoms with E-state index >= 15 is 0 Å². The maximum atomic E-state index is 13.4. The lowest BCUT2D eigenvalue weighted by Crippen LogP contribution is -2.46. The molecule has 35 heavy (non-hydrogen) atoms. The molecule has 2 aromatic heterocycles. The second kappa shape index (κ2) is 9.87. The number of benzene rings is 1. The van der Waals surface area contributed by atoms with E-state index in [1.165, 1.54) is 12.5 Å². The Labute approximate surface area is 206 Å². The van der Waals surface area contributed by atoms with Crippen molar-refractivity contribution < 1.29 is 18.7 Å². The minimum atomic E-state index is -2.61. The Hall–Kier alpha value is -3.11. The Bertz CT molecular complexity index is 1210. The van der Waals surface area contributed by atoms with Crippen LogP contribution in [0.4, 0.5) is 14.7 Å². The number of anilines is 1. The van der Waals surface area contributed by atoms with Gasteiger partial charge < -0.3 is 15.7 Å². The van der Waals surface area contributed by atoms with E-state index in [1.807, 2.05) is 6.92 Å². The van der Waals surface area contributed by atoms with Gasteiger partial charge in [0, 0.05) is 41.9 Å². The second-order valence-corrected chi connectivity index (χ2v) is 9.53. The maximum Gasteiger partial charge on any atom is 0.272 e. The number of aliphatic hydroxyl groups excluding tert-OH is 1. The molecule has 8 nitrogen and oxygen atoms in total. The molecule has 1 aliphatic carbocycles. The van der Waals surface area contributed by atoms with Crippen LogP contribution in [-0.2, 0) is 5.54 Å². The van der Waals surface area contributed by atoms with Crippen LogP contribution in [0.25, 0.3) is 5.82 Å². The largest absolute Gasteiger partial charge is 0.394 e. The SMILES string of the molecule is Cc1cnc(NC2CCC(F)(F)CC2)nc1-n1cnc(C(=O)N[C@@](C)(CO)c2cccc(Cl)c2)c1. The lowest BCUT2D eigenvalue weighted by molar-refractivity contribution is -0.0361. The van der Waals surface area contributed by atoms with Crippen molar-refractivity contribution in [2.75, 3.05) is 11.9 Å². The third kappa shape index (κ3) is 5.76. The van der Waals surface area contributed by atoms with Crippen LogP contribution in [0.5, 0.6) is 0 Å². The van der Waals surface area contributed by atoms with Crippen molar-refractivity contribution in [1.29, 1.82) is 0 Å². The Morgan fingerprint density at radius 2 is 2.06 bits per heavy atom. The summed E-state index contributed by atoms with van der Waals surface area (Å²) in [5.41, 5.74) is 0.468. The average Bonchev–Trinajstić information content (AvgIpc) is 3.32. The van der Waals surface area contributed by atoms with Gasteiger partial charge in [-0.1, -0.05) is 23.7 Å². The monoisotopic (exact) mass is 504 g/mol. The molecule has 0 radical (unpaired) electrons. The number of carbonyl (C=O) groups is 1. The van der Waals surface area contributed by atoms with Crippen LogP contribution in [0, 0.1) is 6.92 Å². The van der Waals surface area contributed by atoms with Crippen molar-refractivity contribution in [2.45, 2.75) is 57.0 Å². The summed E-state index contributed by atoms with van der Waals surface area (Å²) in [6, 6.07) is 6.78. The van der Waals surface area contributed by atoms with Crippen LogP contribution in [0.3, 0.4) is 0 Å². The molecule has 1 fully saturated rings. The number of aromatic nitrogens is 4. The zero-order valence-corrected chi connectivity index (χ0v) is 20.2. The molecule has 0 saturated heterocycles. The molecule has 4 rings (SSSR count). The Balaban J connectivity index is 1.50. The third-order valence-electron chi connectivity index (χ3n) is 6.22. The van der Waals surface area contributed by atoms with E-state index in [0.717, 1.165) is 5.56 Å². The van der Waals surface area contributed by atoms with Crippen LogP contribution in [-0.4, -0.2) is 49.1 Å². The first kappa shape index (κ1) is 25.0. The number of alkyl halides is 2. The molecule has 0 bridgehead atoms. The summed E-state index contributed by atoms with van der Waals surface area (Å²) >= 11 is 6.07. The fourth-order valence-corrected chi connectivity index (χ4v) is 4.23. The molecule has 1 atom stereocenters. The van der Waals surface area contributed by atoms with Crippen molar-refractivity contribution in [2.24, 2.45) is 0 Å². The zero-order chi connectivity index (χ0) is 25.2. The second-order valence-electron chi connectivity index (χ2n) is 9.10. The quantitative estimate of drug-likeness (QED) is 0.444. The van der Waals surface area contributed by atoms with Gasteiger partial charge in [-0.15, -0.1) is 0 Å². The first-order valence-corrected chi connectivity index (χ1v) is 11.7. The molecule has 1 saturated carbocycles. The van der Waals surface area contributed by atoms with Crippen molar-refractivity contribution in [3.8, 4) is 5.82 Å². The summed E-state index contributed by atoms with van der Waals surface area (Å²) in [6.07, 6.45) is 4.98. The highest BCUT2D eigenvalue weighted by molar-refractivity contribution is 6.30. The lowest BCUT2D eigenvalue weighted by Gasteiger charge is -2.29. The molecular formula is C24H27ClF2N6O2. The van der Waals surface area contributed by atoms with Crippen molar-refractivity contribution in [3.05, 3.63) is 64.8 Å². The normalized spacial score (nSPS) is 17.5. The fourth-order valence-electron chi connectivity index (χ4n) is 4.04. The number of aryl methyl sites for hydroxylation is 1. The smallest absolute Gasteiger partial charge is 0.272 e. The summed E-state index contributed by atoms with van der Waals surface area (Å²) in [4.78, 5) is 26.0. The van der Waals surface area contributed by atoms with Gasteiger partial charge in [-0.3, -0.25) is 9.36 Å². The van der Waals surface area contributed by atoms with Gasteiger partial charge in [-0.2, -0.15) is 4.98 Å².